The highest BCUT2D eigenvalue weighted by molar-refractivity contribution is 5.96. The first-order valence-electron chi connectivity index (χ1n) is 8.53. The molecular weight excluding hydrogens is 330 g/mol. The Hall–Kier alpha value is -3.22. The molecule has 7 nitrogen and oxygen atoms in total. The molecule has 4 rings (SSSR count). The summed E-state index contributed by atoms with van der Waals surface area (Å²) in [6.07, 6.45) is 3.20. The van der Waals surface area contributed by atoms with Crippen molar-refractivity contribution in [1.82, 2.24) is 25.1 Å². The molecule has 1 atom stereocenters. The lowest BCUT2D eigenvalue weighted by molar-refractivity contribution is 0.0924. The molecule has 0 saturated heterocycles. The fourth-order valence-electron chi connectivity index (χ4n) is 3.24. The highest BCUT2D eigenvalue weighted by atomic mass is 16.5. The van der Waals surface area contributed by atoms with Gasteiger partial charge in [-0.05, 0) is 18.6 Å². The Morgan fingerprint density at radius 1 is 1.19 bits per heavy atom. The Bertz CT molecular complexity index is 923. The molecule has 1 aromatic carbocycles. The van der Waals surface area contributed by atoms with Gasteiger partial charge in [0.1, 0.15) is 11.4 Å². The maximum Gasteiger partial charge on any atom is 0.257 e. The highest BCUT2D eigenvalue weighted by Gasteiger charge is 2.25. The molecule has 0 aliphatic carbocycles. The van der Waals surface area contributed by atoms with Crippen LogP contribution >= 0.6 is 0 Å². The summed E-state index contributed by atoms with van der Waals surface area (Å²) in [5.74, 6) is 1.93. The van der Waals surface area contributed by atoms with Crippen molar-refractivity contribution in [3.63, 3.8) is 0 Å². The molecule has 0 saturated carbocycles. The molecule has 1 aliphatic heterocycles. The van der Waals surface area contributed by atoms with E-state index in [0.29, 0.717) is 18.0 Å². The standard InChI is InChI=1S/C19H19N5O2/c1-26-19-15(8-5-11-20-19)18(25)21-14-9-10-16-22-23-17(24(16)12-14)13-6-3-2-4-7-13/h2-8,11,14H,9-10,12H2,1H3,(H,21,25)/t14-/m0/s1. The third kappa shape index (κ3) is 3.03. The quantitative estimate of drug-likeness (QED) is 0.780. The zero-order chi connectivity index (χ0) is 17.9. The first-order valence-corrected chi connectivity index (χ1v) is 8.53. The largest absolute Gasteiger partial charge is 0.480 e. The van der Waals surface area contributed by atoms with E-state index in [2.05, 4.69) is 25.1 Å². The summed E-state index contributed by atoms with van der Waals surface area (Å²) in [5.41, 5.74) is 1.46. The van der Waals surface area contributed by atoms with Crippen LogP contribution in [0.1, 0.15) is 22.6 Å². The number of ether oxygens (including phenoxy) is 1. The number of fused-ring (bicyclic) bond motifs is 1. The number of methoxy groups -OCH3 is 1. The summed E-state index contributed by atoms with van der Waals surface area (Å²) < 4.78 is 7.27. The maximum atomic E-state index is 12.6. The number of hydrogen-bond acceptors (Lipinski definition) is 5. The van der Waals surface area contributed by atoms with Gasteiger partial charge in [-0.1, -0.05) is 30.3 Å². The van der Waals surface area contributed by atoms with Crippen LogP contribution in [0.5, 0.6) is 5.88 Å². The van der Waals surface area contributed by atoms with Crippen LogP contribution in [0.4, 0.5) is 0 Å². The SMILES string of the molecule is COc1ncccc1C(=O)N[C@H]1CCc2nnc(-c3ccccc3)n2C1. The second kappa shape index (κ2) is 6.95. The Kier molecular flexibility index (Phi) is 4.35. The van der Waals surface area contributed by atoms with E-state index < -0.39 is 0 Å². The minimum absolute atomic E-state index is 0.00151. The lowest BCUT2D eigenvalue weighted by Crippen LogP contribution is -2.41. The Balaban J connectivity index is 1.54. The molecule has 0 fully saturated rings. The molecule has 3 heterocycles. The van der Waals surface area contributed by atoms with Crippen molar-refractivity contribution >= 4 is 5.91 Å². The van der Waals surface area contributed by atoms with E-state index >= 15 is 0 Å². The molecule has 1 N–H and O–H groups in total. The fraction of sp³-hybridized carbons (Fsp3) is 0.263. The van der Waals surface area contributed by atoms with Crippen LogP contribution in [-0.4, -0.2) is 38.8 Å². The number of benzene rings is 1. The van der Waals surface area contributed by atoms with Crippen LogP contribution in [0.25, 0.3) is 11.4 Å². The number of hydrogen-bond donors (Lipinski definition) is 1. The molecule has 2 aromatic heterocycles. The molecule has 3 aromatic rings. The van der Waals surface area contributed by atoms with E-state index in [1.807, 2.05) is 30.3 Å². The second-order valence-corrected chi connectivity index (χ2v) is 6.19. The summed E-state index contributed by atoms with van der Waals surface area (Å²) in [5, 5.41) is 11.7. The normalized spacial score (nSPS) is 16.0. The van der Waals surface area contributed by atoms with Gasteiger partial charge in [0.05, 0.1) is 7.11 Å². The van der Waals surface area contributed by atoms with Crippen molar-refractivity contribution in [3.8, 4) is 17.3 Å². The van der Waals surface area contributed by atoms with Gasteiger partial charge in [-0.3, -0.25) is 4.79 Å². The number of amides is 1. The van der Waals surface area contributed by atoms with E-state index in [1.165, 1.54) is 7.11 Å². The molecule has 132 valence electrons. The van der Waals surface area contributed by atoms with E-state index in [1.54, 1.807) is 18.3 Å². The van der Waals surface area contributed by atoms with Crippen LogP contribution in [0, 0.1) is 0 Å². The van der Waals surface area contributed by atoms with Gasteiger partial charge in [0.25, 0.3) is 5.91 Å². The number of aromatic nitrogens is 4. The summed E-state index contributed by atoms with van der Waals surface area (Å²) in [4.78, 5) is 16.7. The molecule has 7 heteroatoms. The average molecular weight is 349 g/mol. The smallest absolute Gasteiger partial charge is 0.257 e. The van der Waals surface area contributed by atoms with Gasteiger partial charge in [-0.25, -0.2) is 4.98 Å². The van der Waals surface area contributed by atoms with Crippen molar-refractivity contribution in [2.75, 3.05) is 7.11 Å². The second-order valence-electron chi connectivity index (χ2n) is 6.19. The zero-order valence-corrected chi connectivity index (χ0v) is 14.4. The topological polar surface area (TPSA) is 81.9 Å². The van der Waals surface area contributed by atoms with Crippen molar-refractivity contribution in [3.05, 3.63) is 60.0 Å². The molecular formula is C19H19N5O2. The van der Waals surface area contributed by atoms with Crippen molar-refractivity contribution in [2.24, 2.45) is 0 Å². The molecule has 0 radical (unpaired) electrons. The maximum absolute atomic E-state index is 12.6. The number of nitrogens with zero attached hydrogens (tertiary/aromatic N) is 4. The highest BCUT2D eigenvalue weighted by Crippen LogP contribution is 2.23. The molecule has 26 heavy (non-hydrogen) atoms. The minimum atomic E-state index is -0.183. The number of nitrogens with one attached hydrogen (secondary N) is 1. The van der Waals surface area contributed by atoms with Gasteiger partial charge in [0, 0.05) is 30.8 Å². The summed E-state index contributed by atoms with van der Waals surface area (Å²) in [7, 11) is 1.51. The van der Waals surface area contributed by atoms with Gasteiger partial charge in [-0.2, -0.15) is 0 Å². The van der Waals surface area contributed by atoms with Crippen molar-refractivity contribution < 1.29 is 9.53 Å². The van der Waals surface area contributed by atoms with Crippen LogP contribution in [0.2, 0.25) is 0 Å². The van der Waals surface area contributed by atoms with Gasteiger partial charge >= 0.3 is 0 Å². The van der Waals surface area contributed by atoms with Gasteiger partial charge in [0.15, 0.2) is 5.82 Å². The van der Waals surface area contributed by atoms with Gasteiger partial charge in [-0.15, -0.1) is 10.2 Å². The minimum Gasteiger partial charge on any atom is -0.480 e. The first kappa shape index (κ1) is 16.3. The van der Waals surface area contributed by atoms with E-state index in [0.717, 1.165) is 30.1 Å². The van der Waals surface area contributed by atoms with Gasteiger partial charge in [0.2, 0.25) is 5.88 Å². The Morgan fingerprint density at radius 3 is 2.85 bits per heavy atom. The third-order valence-electron chi connectivity index (χ3n) is 4.52. The number of pyridine rings is 1. The molecule has 1 aliphatic rings. The van der Waals surface area contributed by atoms with E-state index in [4.69, 9.17) is 4.74 Å². The van der Waals surface area contributed by atoms with E-state index in [9.17, 15) is 4.79 Å². The molecule has 0 spiro atoms. The van der Waals surface area contributed by atoms with Gasteiger partial charge < -0.3 is 14.6 Å². The van der Waals surface area contributed by atoms with Crippen LogP contribution in [0.15, 0.2) is 48.7 Å². The molecule has 1 amide bonds. The zero-order valence-electron chi connectivity index (χ0n) is 14.4. The molecule has 0 unspecified atom stereocenters. The summed E-state index contributed by atoms with van der Waals surface area (Å²) in [6, 6.07) is 13.4. The Morgan fingerprint density at radius 2 is 2.04 bits per heavy atom. The van der Waals surface area contributed by atoms with Crippen LogP contribution < -0.4 is 10.1 Å². The summed E-state index contributed by atoms with van der Waals surface area (Å²) in [6.45, 7) is 0.640. The molecule has 0 bridgehead atoms. The van der Waals surface area contributed by atoms with Crippen molar-refractivity contribution in [2.45, 2.75) is 25.4 Å². The fourth-order valence-corrected chi connectivity index (χ4v) is 3.24. The monoisotopic (exact) mass is 349 g/mol. The predicted octanol–water partition coefficient (Wildman–Crippen LogP) is 2.09. The lowest BCUT2D eigenvalue weighted by atomic mass is 10.1. The number of rotatable bonds is 4. The van der Waals surface area contributed by atoms with Crippen LogP contribution in [-0.2, 0) is 13.0 Å². The summed E-state index contributed by atoms with van der Waals surface area (Å²) >= 11 is 0. The number of carbonyl (C=O) groups is 1. The van der Waals surface area contributed by atoms with Crippen molar-refractivity contribution in [1.29, 1.82) is 0 Å². The lowest BCUT2D eigenvalue weighted by Gasteiger charge is -2.25. The number of carbonyl (C=O) groups excluding carboxylic acids is 1. The first-order chi connectivity index (χ1) is 12.8. The predicted molar refractivity (Wildman–Crippen MR) is 95.8 cm³/mol. The Labute approximate surface area is 151 Å². The van der Waals surface area contributed by atoms with E-state index in [-0.39, 0.29) is 11.9 Å². The average Bonchev–Trinajstić information content (AvgIpc) is 3.12. The number of aryl methyl sites for hydroxylation is 1. The third-order valence-corrected chi connectivity index (χ3v) is 4.52. The van der Waals surface area contributed by atoms with Crippen LogP contribution in [0.3, 0.4) is 0 Å².